The Bertz CT molecular complexity index is 498. The molecule has 1 N–H and O–H groups in total. The van der Waals surface area contributed by atoms with Crippen LogP contribution < -0.4 is 10.1 Å². The van der Waals surface area contributed by atoms with Crippen molar-refractivity contribution in [1.82, 2.24) is 5.32 Å². The lowest BCUT2D eigenvalue weighted by Gasteiger charge is -2.34. The van der Waals surface area contributed by atoms with Gasteiger partial charge in [0.15, 0.2) is 5.78 Å². The molecular formula is C12H11BrFNO2. The van der Waals surface area contributed by atoms with E-state index >= 15 is 0 Å². The summed E-state index contributed by atoms with van der Waals surface area (Å²) >= 11 is 3.25. The van der Waals surface area contributed by atoms with Gasteiger partial charge in [0.05, 0.1) is 16.5 Å². The lowest BCUT2D eigenvalue weighted by molar-refractivity contribution is 0.0521. The monoisotopic (exact) mass is 299 g/mol. The van der Waals surface area contributed by atoms with Crippen LogP contribution in [0.15, 0.2) is 16.6 Å². The highest BCUT2D eigenvalue weighted by atomic mass is 79.9. The van der Waals surface area contributed by atoms with E-state index in [4.69, 9.17) is 4.74 Å². The number of ketones is 1. The van der Waals surface area contributed by atoms with Gasteiger partial charge in [0.2, 0.25) is 0 Å². The number of rotatable bonds is 0. The van der Waals surface area contributed by atoms with E-state index in [0.29, 0.717) is 28.8 Å². The van der Waals surface area contributed by atoms with E-state index in [1.54, 1.807) is 0 Å². The fourth-order valence-electron chi connectivity index (χ4n) is 2.47. The molecule has 1 saturated heterocycles. The molecule has 0 aliphatic carbocycles. The number of hydrogen-bond acceptors (Lipinski definition) is 3. The smallest absolute Gasteiger partial charge is 0.170 e. The van der Waals surface area contributed by atoms with Crippen molar-refractivity contribution in [2.45, 2.75) is 18.4 Å². The molecule has 0 bridgehead atoms. The van der Waals surface area contributed by atoms with E-state index < -0.39 is 11.4 Å². The molecule has 0 saturated carbocycles. The minimum atomic E-state index is -0.440. The third-order valence-corrected chi connectivity index (χ3v) is 3.90. The highest BCUT2D eigenvalue weighted by molar-refractivity contribution is 9.10. The van der Waals surface area contributed by atoms with Crippen LogP contribution in [0.1, 0.15) is 23.2 Å². The van der Waals surface area contributed by atoms with E-state index in [1.807, 2.05) is 0 Å². The summed E-state index contributed by atoms with van der Waals surface area (Å²) in [5, 5.41) is 3.20. The van der Waals surface area contributed by atoms with Gasteiger partial charge in [0.1, 0.15) is 17.2 Å². The molecule has 0 radical (unpaired) electrons. The minimum absolute atomic E-state index is 0.0462. The molecule has 0 amide bonds. The Balaban J connectivity index is 2.09. The number of ether oxygens (including phenoxy) is 1. The Kier molecular flexibility index (Phi) is 2.48. The summed E-state index contributed by atoms with van der Waals surface area (Å²) in [5.74, 6) is 0.00886. The van der Waals surface area contributed by atoms with Crippen LogP contribution in [0.25, 0.3) is 0 Å². The fraction of sp³-hybridized carbons (Fsp3) is 0.417. The normalized spacial score (nSPS) is 27.1. The highest BCUT2D eigenvalue weighted by Crippen LogP contribution is 2.41. The van der Waals surface area contributed by atoms with Gasteiger partial charge in [0, 0.05) is 13.0 Å². The van der Waals surface area contributed by atoms with Crippen LogP contribution in [0.3, 0.4) is 0 Å². The second-order valence-electron chi connectivity index (χ2n) is 4.58. The maximum absolute atomic E-state index is 13.2. The van der Waals surface area contributed by atoms with Crippen molar-refractivity contribution in [3.8, 4) is 5.75 Å². The number of benzene rings is 1. The van der Waals surface area contributed by atoms with E-state index in [0.717, 1.165) is 13.0 Å². The van der Waals surface area contributed by atoms with Gasteiger partial charge in [-0.25, -0.2) is 4.39 Å². The molecule has 17 heavy (non-hydrogen) atoms. The van der Waals surface area contributed by atoms with Gasteiger partial charge in [-0.15, -0.1) is 0 Å². The van der Waals surface area contributed by atoms with Gasteiger partial charge < -0.3 is 10.1 Å². The molecule has 3 nitrogen and oxygen atoms in total. The molecule has 3 rings (SSSR count). The summed E-state index contributed by atoms with van der Waals surface area (Å²) in [6.45, 7) is 1.52. The van der Waals surface area contributed by atoms with Gasteiger partial charge in [-0.05, 0) is 34.6 Å². The van der Waals surface area contributed by atoms with E-state index in [9.17, 15) is 9.18 Å². The van der Waals surface area contributed by atoms with Crippen LogP contribution in [0, 0.1) is 5.82 Å². The van der Waals surface area contributed by atoms with Crippen LogP contribution in [-0.4, -0.2) is 24.5 Å². The topological polar surface area (TPSA) is 38.3 Å². The number of halogens is 2. The zero-order valence-corrected chi connectivity index (χ0v) is 10.6. The van der Waals surface area contributed by atoms with Crippen molar-refractivity contribution in [1.29, 1.82) is 0 Å². The van der Waals surface area contributed by atoms with Crippen molar-refractivity contribution in [2.24, 2.45) is 0 Å². The lowest BCUT2D eigenvalue weighted by atomic mass is 9.89. The zero-order chi connectivity index (χ0) is 12.0. The number of carbonyl (C=O) groups is 1. The molecule has 90 valence electrons. The van der Waals surface area contributed by atoms with Crippen molar-refractivity contribution in [3.05, 3.63) is 28.0 Å². The van der Waals surface area contributed by atoms with Crippen molar-refractivity contribution < 1.29 is 13.9 Å². The largest absolute Gasteiger partial charge is 0.483 e. The maximum Gasteiger partial charge on any atom is 0.170 e. The van der Waals surface area contributed by atoms with Crippen LogP contribution in [-0.2, 0) is 0 Å². The second kappa shape index (κ2) is 3.78. The molecular weight excluding hydrogens is 289 g/mol. The summed E-state index contributed by atoms with van der Waals surface area (Å²) in [6.07, 6.45) is 1.13. The van der Waals surface area contributed by atoms with Crippen LogP contribution in [0.2, 0.25) is 0 Å². The third kappa shape index (κ3) is 1.77. The maximum atomic E-state index is 13.2. The molecule has 5 heteroatoms. The summed E-state index contributed by atoms with van der Waals surface area (Å²) in [6, 6.07) is 2.57. The molecule has 2 aliphatic rings. The Morgan fingerprint density at radius 3 is 3.00 bits per heavy atom. The number of carbonyl (C=O) groups excluding carboxylic acids is 1. The third-order valence-electron chi connectivity index (χ3n) is 3.31. The molecule has 1 spiro atoms. The van der Waals surface area contributed by atoms with Crippen LogP contribution in [0.4, 0.5) is 4.39 Å². The molecule has 1 unspecified atom stereocenters. The molecule has 1 aromatic carbocycles. The van der Waals surface area contributed by atoms with E-state index in [2.05, 4.69) is 21.2 Å². The molecule has 2 heterocycles. The predicted molar refractivity (Wildman–Crippen MR) is 63.9 cm³/mol. The number of hydrogen-bond donors (Lipinski definition) is 1. The zero-order valence-electron chi connectivity index (χ0n) is 9.06. The SMILES string of the molecule is O=C1CC2(CCNC2)Oc2c(Br)cc(F)cc21. The lowest BCUT2D eigenvalue weighted by Crippen LogP contribution is -2.44. The molecule has 1 aromatic rings. The Morgan fingerprint density at radius 2 is 2.29 bits per heavy atom. The average Bonchev–Trinajstić information content (AvgIpc) is 2.69. The average molecular weight is 300 g/mol. The van der Waals surface area contributed by atoms with Crippen molar-refractivity contribution in [3.63, 3.8) is 0 Å². The van der Waals surface area contributed by atoms with E-state index in [1.165, 1.54) is 12.1 Å². The fourth-order valence-corrected chi connectivity index (χ4v) is 2.98. The minimum Gasteiger partial charge on any atom is -0.483 e. The molecule has 1 fully saturated rings. The number of nitrogens with one attached hydrogen (secondary N) is 1. The summed E-state index contributed by atoms with van der Waals surface area (Å²) in [5.41, 5.74) is -0.0980. The number of fused-ring (bicyclic) bond motifs is 1. The Labute approximate surface area is 106 Å². The molecule has 2 aliphatic heterocycles. The standard InChI is InChI=1S/C12H11BrFNO2/c13-9-4-7(14)3-8-10(16)5-12(17-11(8)9)1-2-15-6-12/h3-4,15H,1-2,5-6H2. The van der Waals surface area contributed by atoms with Gasteiger partial charge >= 0.3 is 0 Å². The number of Topliss-reactive ketones (excluding diaryl/α,β-unsaturated/α-hetero) is 1. The van der Waals surface area contributed by atoms with Crippen LogP contribution in [0.5, 0.6) is 5.75 Å². The quantitative estimate of drug-likeness (QED) is 0.799. The van der Waals surface area contributed by atoms with Crippen molar-refractivity contribution >= 4 is 21.7 Å². The summed E-state index contributed by atoms with van der Waals surface area (Å²) in [4.78, 5) is 12.1. The molecule has 1 atom stereocenters. The highest BCUT2D eigenvalue weighted by Gasteiger charge is 2.43. The Morgan fingerprint density at radius 1 is 1.47 bits per heavy atom. The second-order valence-corrected chi connectivity index (χ2v) is 5.43. The predicted octanol–water partition coefficient (Wildman–Crippen LogP) is 2.29. The van der Waals surface area contributed by atoms with Crippen LogP contribution >= 0.6 is 15.9 Å². The van der Waals surface area contributed by atoms with Crippen molar-refractivity contribution in [2.75, 3.05) is 13.1 Å². The Hall–Kier alpha value is -0.940. The summed E-state index contributed by atoms with van der Waals surface area (Å²) < 4.78 is 19.7. The first-order valence-corrected chi connectivity index (χ1v) is 6.31. The van der Waals surface area contributed by atoms with E-state index in [-0.39, 0.29) is 5.78 Å². The first-order chi connectivity index (χ1) is 8.10. The first kappa shape index (κ1) is 11.2. The van der Waals surface area contributed by atoms with Gasteiger partial charge in [-0.1, -0.05) is 0 Å². The summed E-state index contributed by atoms with van der Waals surface area (Å²) in [7, 11) is 0. The molecule has 0 aromatic heterocycles. The van der Waals surface area contributed by atoms with Gasteiger partial charge in [-0.3, -0.25) is 4.79 Å². The first-order valence-electron chi connectivity index (χ1n) is 5.52. The van der Waals surface area contributed by atoms with Gasteiger partial charge in [0.25, 0.3) is 0 Å². The van der Waals surface area contributed by atoms with Gasteiger partial charge in [-0.2, -0.15) is 0 Å².